The van der Waals surface area contributed by atoms with Crippen molar-refractivity contribution in [1.82, 2.24) is 9.80 Å². The summed E-state index contributed by atoms with van der Waals surface area (Å²) in [5.74, 6) is 0. The zero-order chi connectivity index (χ0) is 11.8. The van der Waals surface area contributed by atoms with Crippen molar-refractivity contribution in [3.05, 3.63) is 0 Å². The minimum Gasteiger partial charge on any atom is -0.377 e. The molecule has 16 heavy (non-hydrogen) atoms. The lowest BCUT2D eigenvalue weighted by Gasteiger charge is -2.36. The number of likely N-dealkylation sites (N-methyl/N-ethyl adjacent to an activating group) is 1. The topological polar surface area (TPSA) is 26.7 Å². The van der Waals surface area contributed by atoms with Crippen molar-refractivity contribution in [2.45, 2.75) is 51.7 Å². The number of aliphatic hydroxyl groups is 1. The van der Waals surface area contributed by atoms with Gasteiger partial charge < -0.3 is 5.11 Å². The fraction of sp³-hybridized carbons (Fsp3) is 1.00. The maximum Gasteiger partial charge on any atom is 0.120 e. The third-order valence-electron chi connectivity index (χ3n) is 3.53. The molecular formula is C13H28N2O. The molecule has 3 heteroatoms. The Morgan fingerprint density at radius 3 is 2.44 bits per heavy atom. The average molecular weight is 228 g/mol. The lowest BCUT2D eigenvalue weighted by atomic mass is 10.1. The van der Waals surface area contributed by atoms with Crippen LogP contribution in [0.5, 0.6) is 0 Å². The molecule has 1 aliphatic rings. The second-order valence-corrected chi connectivity index (χ2v) is 5.03. The quantitative estimate of drug-likeness (QED) is 0.674. The Bertz CT molecular complexity index is 175. The highest BCUT2D eigenvalue weighted by molar-refractivity contribution is 4.72. The van der Waals surface area contributed by atoms with Gasteiger partial charge in [-0.25, -0.2) is 0 Å². The van der Waals surface area contributed by atoms with E-state index >= 15 is 0 Å². The van der Waals surface area contributed by atoms with Crippen molar-refractivity contribution < 1.29 is 5.11 Å². The van der Waals surface area contributed by atoms with Gasteiger partial charge in [0.05, 0.1) is 0 Å². The Hall–Kier alpha value is -0.120. The van der Waals surface area contributed by atoms with Crippen LogP contribution in [0.3, 0.4) is 0 Å². The third-order valence-corrected chi connectivity index (χ3v) is 3.53. The van der Waals surface area contributed by atoms with Crippen molar-refractivity contribution in [2.75, 3.05) is 33.2 Å². The lowest BCUT2D eigenvalue weighted by Crippen LogP contribution is -2.51. The van der Waals surface area contributed by atoms with Crippen LogP contribution in [0.25, 0.3) is 0 Å². The first-order valence-electron chi connectivity index (χ1n) is 6.84. The predicted molar refractivity (Wildman–Crippen MR) is 68.5 cm³/mol. The highest BCUT2D eigenvalue weighted by Crippen LogP contribution is 2.09. The van der Waals surface area contributed by atoms with E-state index in [0.29, 0.717) is 0 Å². The molecule has 1 unspecified atom stereocenters. The number of piperazine rings is 1. The Balaban J connectivity index is 1.97. The molecule has 1 saturated heterocycles. The van der Waals surface area contributed by atoms with Gasteiger partial charge in [0.1, 0.15) is 6.23 Å². The fourth-order valence-corrected chi connectivity index (χ4v) is 2.23. The summed E-state index contributed by atoms with van der Waals surface area (Å²) in [5, 5.41) is 9.71. The number of rotatable bonds is 7. The minimum atomic E-state index is -0.256. The van der Waals surface area contributed by atoms with E-state index < -0.39 is 0 Å². The number of aliphatic hydroxyl groups excluding tert-OH is 1. The SMILES string of the molecule is CCCCCCCCN1CCN(C)C(O)C1. The largest absolute Gasteiger partial charge is 0.377 e. The highest BCUT2D eigenvalue weighted by Gasteiger charge is 2.21. The Kier molecular flexibility index (Phi) is 7.01. The first-order valence-corrected chi connectivity index (χ1v) is 6.84. The van der Waals surface area contributed by atoms with Crippen LogP contribution in [0.4, 0.5) is 0 Å². The second kappa shape index (κ2) is 8.04. The van der Waals surface area contributed by atoms with E-state index in [-0.39, 0.29) is 6.23 Å². The van der Waals surface area contributed by atoms with Gasteiger partial charge in [0.25, 0.3) is 0 Å². The van der Waals surface area contributed by atoms with Crippen molar-refractivity contribution >= 4 is 0 Å². The number of hydrogen-bond donors (Lipinski definition) is 1. The van der Waals surface area contributed by atoms with Gasteiger partial charge in [-0.15, -0.1) is 0 Å². The van der Waals surface area contributed by atoms with Gasteiger partial charge in [-0.05, 0) is 20.0 Å². The number of unbranched alkanes of at least 4 members (excludes halogenated alkanes) is 5. The van der Waals surface area contributed by atoms with Gasteiger partial charge in [0.15, 0.2) is 0 Å². The molecule has 0 spiro atoms. The van der Waals surface area contributed by atoms with Crippen molar-refractivity contribution in [2.24, 2.45) is 0 Å². The minimum absolute atomic E-state index is 0.256. The van der Waals surface area contributed by atoms with Gasteiger partial charge in [-0.3, -0.25) is 9.80 Å². The van der Waals surface area contributed by atoms with E-state index in [2.05, 4.69) is 11.8 Å². The molecule has 1 rings (SSSR count). The van der Waals surface area contributed by atoms with E-state index in [1.807, 2.05) is 11.9 Å². The molecule has 96 valence electrons. The summed E-state index contributed by atoms with van der Waals surface area (Å²) >= 11 is 0. The lowest BCUT2D eigenvalue weighted by molar-refractivity contribution is -0.0411. The maximum absolute atomic E-state index is 9.71. The molecule has 0 aromatic heterocycles. The van der Waals surface area contributed by atoms with Crippen LogP contribution in [0, 0.1) is 0 Å². The van der Waals surface area contributed by atoms with Gasteiger partial charge in [-0.1, -0.05) is 39.0 Å². The smallest absolute Gasteiger partial charge is 0.120 e. The average Bonchev–Trinajstić information content (AvgIpc) is 2.28. The first kappa shape index (κ1) is 13.9. The maximum atomic E-state index is 9.71. The van der Waals surface area contributed by atoms with E-state index in [9.17, 15) is 5.11 Å². The number of nitrogens with zero attached hydrogens (tertiary/aromatic N) is 2. The van der Waals surface area contributed by atoms with Crippen LogP contribution in [-0.2, 0) is 0 Å². The molecule has 1 N–H and O–H groups in total. The third kappa shape index (κ3) is 5.28. The van der Waals surface area contributed by atoms with Crippen LogP contribution in [-0.4, -0.2) is 54.4 Å². The second-order valence-electron chi connectivity index (χ2n) is 5.03. The van der Waals surface area contributed by atoms with E-state index in [4.69, 9.17) is 0 Å². The molecule has 0 aliphatic carbocycles. The predicted octanol–water partition coefficient (Wildman–Crippen LogP) is 1.91. The van der Waals surface area contributed by atoms with Crippen LogP contribution in [0.15, 0.2) is 0 Å². The Morgan fingerprint density at radius 1 is 1.06 bits per heavy atom. The van der Waals surface area contributed by atoms with Crippen molar-refractivity contribution in [1.29, 1.82) is 0 Å². The summed E-state index contributed by atoms with van der Waals surface area (Å²) in [6, 6.07) is 0. The molecule has 0 saturated carbocycles. The monoisotopic (exact) mass is 228 g/mol. The zero-order valence-electron chi connectivity index (χ0n) is 11.0. The van der Waals surface area contributed by atoms with Crippen LogP contribution in [0.1, 0.15) is 45.4 Å². The molecule has 3 nitrogen and oxygen atoms in total. The number of β-amino-alcohol motifs (C(OH)–C–C–N with tert-alkyl or cyclic N) is 1. The molecule has 0 aromatic rings. The normalized spacial score (nSPS) is 23.8. The fourth-order valence-electron chi connectivity index (χ4n) is 2.23. The number of hydrogen-bond acceptors (Lipinski definition) is 3. The molecule has 1 fully saturated rings. The van der Waals surface area contributed by atoms with Crippen LogP contribution >= 0.6 is 0 Å². The van der Waals surface area contributed by atoms with Crippen molar-refractivity contribution in [3.8, 4) is 0 Å². The Morgan fingerprint density at radius 2 is 1.75 bits per heavy atom. The molecule has 1 aliphatic heterocycles. The van der Waals surface area contributed by atoms with Gasteiger partial charge in [0.2, 0.25) is 0 Å². The van der Waals surface area contributed by atoms with Crippen LogP contribution < -0.4 is 0 Å². The van der Waals surface area contributed by atoms with Gasteiger partial charge in [-0.2, -0.15) is 0 Å². The van der Waals surface area contributed by atoms with E-state index in [1.165, 1.54) is 38.5 Å². The van der Waals surface area contributed by atoms with Crippen molar-refractivity contribution in [3.63, 3.8) is 0 Å². The van der Waals surface area contributed by atoms with E-state index in [0.717, 1.165) is 26.2 Å². The molecule has 1 heterocycles. The summed E-state index contributed by atoms with van der Waals surface area (Å²) in [6.07, 6.45) is 7.86. The summed E-state index contributed by atoms with van der Waals surface area (Å²) in [6.45, 7) is 6.35. The summed E-state index contributed by atoms with van der Waals surface area (Å²) in [5.41, 5.74) is 0. The summed E-state index contributed by atoms with van der Waals surface area (Å²) < 4.78 is 0. The summed E-state index contributed by atoms with van der Waals surface area (Å²) in [4.78, 5) is 4.42. The standard InChI is InChI=1S/C13H28N2O/c1-3-4-5-6-7-8-9-15-11-10-14(2)13(16)12-15/h13,16H,3-12H2,1-2H3. The van der Waals surface area contributed by atoms with E-state index in [1.54, 1.807) is 0 Å². The van der Waals surface area contributed by atoms with Gasteiger partial charge in [0, 0.05) is 19.6 Å². The summed E-state index contributed by atoms with van der Waals surface area (Å²) in [7, 11) is 1.99. The van der Waals surface area contributed by atoms with Crippen LogP contribution in [0.2, 0.25) is 0 Å². The molecular weight excluding hydrogens is 200 g/mol. The molecule has 0 radical (unpaired) electrons. The highest BCUT2D eigenvalue weighted by atomic mass is 16.3. The molecule has 1 atom stereocenters. The molecule has 0 amide bonds. The van der Waals surface area contributed by atoms with Gasteiger partial charge >= 0.3 is 0 Å². The zero-order valence-corrected chi connectivity index (χ0v) is 11.0. The Labute approximate surface area is 100 Å². The first-order chi connectivity index (χ1) is 7.74. The molecule has 0 bridgehead atoms. The molecule has 0 aromatic carbocycles.